The third-order valence-corrected chi connectivity index (χ3v) is 23.1. The third kappa shape index (κ3) is 7.57. The van der Waals surface area contributed by atoms with Crippen molar-refractivity contribution in [3.05, 3.63) is 177 Å². The molecule has 1 aromatic heterocycles. The number of thiophene rings is 1. The number of rotatable bonds is 3. The SMILES string of the molecule is Cc1cc2c(cc1N1c3ccc(C(C)(C)C)cc3B3c4sc5cc6c(cc5c4N(c4ccc5c(c4)C(C)(C)CCC5(C)C)c4cc(N5c7ccccc7C(C)(C)c7ccccc75)cc1c43)C(C)(C)CCC6(C)C)C(C)(C)CCC2(C)C. The summed E-state index contributed by atoms with van der Waals surface area (Å²) in [6.07, 6.45) is 7.05. The van der Waals surface area contributed by atoms with Crippen LogP contribution < -0.4 is 30.4 Å². The van der Waals surface area contributed by atoms with E-state index in [-0.39, 0.29) is 50.0 Å². The second-order valence-electron chi connectivity index (χ2n) is 31.4. The highest BCUT2D eigenvalue weighted by Crippen LogP contribution is 2.59. The molecule has 8 aromatic rings. The second kappa shape index (κ2) is 16.8. The summed E-state index contributed by atoms with van der Waals surface area (Å²) in [6, 6.07) is 49.6. The molecule has 0 spiro atoms. The zero-order valence-electron chi connectivity index (χ0n) is 52.1. The van der Waals surface area contributed by atoms with E-state index in [4.69, 9.17) is 0 Å². The van der Waals surface area contributed by atoms with Crippen LogP contribution in [0.15, 0.2) is 121 Å². The molecular weight excluding hydrogens is 998 g/mol. The van der Waals surface area contributed by atoms with Gasteiger partial charge in [0, 0.05) is 48.7 Å². The molecule has 0 radical (unpaired) electrons. The van der Waals surface area contributed by atoms with Gasteiger partial charge in [0.2, 0.25) is 0 Å². The van der Waals surface area contributed by atoms with Crippen LogP contribution in [0.25, 0.3) is 10.1 Å². The smallest absolute Gasteiger partial charge is 0.264 e. The molecule has 0 saturated heterocycles. The lowest BCUT2D eigenvalue weighted by atomic mass is 9.36. The van der Waals surface area contributed by atoms with Crippen LogP contribution in [0.5, 0.6) is 0 Å². The van der Waals surface area contributed by atoms with Crippen LogP contribution in [0.1, 0.15) is 212 Å². The Bertz CT molecular complexity index is 3970. The Morgan fingerprint density at radius 1 is 0.407 bits per heavy atom. The Kier molecular flexibility index (Phi) is 11.0. The lowest BCUT2D eigenvalue weighted by molar-refractivity contribution is 0.332. The van der Waals surface area contributed by atoms with Gasteiger partial charge < -0.3 is 14.7 Å². The molecule has 0 saturated carbocycles. The first kappa shape index (κ1) is 53.0. The molecule has 0 atom stereocenters. The van der Waals surface area contributed by atoms with Crippen molar-refractivity contribution < 1.29 is 0 Å². The molecule has 7 aromatic carbocycles. The Hall–Kier alpha value is -6.04. The third-order valence-electron chi connectivity index (χ3n) is 21.9. The van der Waals surface area contributed by atoms with E-state index in [1.807, 2.05) is 0 Å². The summed E-state index contributed by atoms with van der Waals surface area (Å²) >= 11 is 2.08. The average Bonchev–Trinajstić information content (AvgIpc) is 2.09. The maximum Gasteiger partial charge on any atom is 0.264 e. The number of hydrogen-bond donors (Lipinski definition) is 0. The molecule has 14 rings (SSSR count). The normalized spacial score (nSPS) is 20.5. The lowest BCUT2D eigenvalue weighted by Gasteiger charge is -2.47. The molecule has 4 heterocycles. The topological polar surface area (TPSA) is 9.72 Å². The molecule has 5 heteroatoms. The van der Waals surface area contributed by atoms with Gasteiger partial charge in [-0.1, -0.05) is 178 Å². The van der Waals surface area contributed by atoms with E-state index in [0.717, 1.165) is 12.8 Å². The highest BCUT2D eigenvalue weighted by molar-refractivity contribution is 7.33. The van der Waals surface area contributed by atoms with Crippen LogP contribution in [-0.2, 0) is 43.3 Å². The molecular formula is C76H86BN3S. The van der Waals surface area contributed by atoms with Crippen molar-refractivity contribution in [3.63, 3.8) is 0 Å². The fraction of sp³-hybridized carbons (Fsp3) is 0.421. The van der Waals surface area contributed by atoms with E-state index in [0.29, 0.717) is 0 Å². The van der Waals surface area contributed by atoms with Gasteiger partial charge in [0.05, 0.1) is 22.7 Å². The summed E-state index contributed by atoms with van der Waals surface area (Å²) in [7, 11) is 0. The van der Waals surface area contributed by atoms with Gasteiger partial charge >= 0.3 is 0 Å². The van der Waals surface area contributed by atoms with Crippen LogP contribution >= 0.6 is 11.3 Å². The van der Waals surface area contributed by atoms with Crippen molar-refractivity contribution in [1.82, 2.24) is 0 Å². The molecule has 0 N–H and O–H groups in total. The van der Waals surface area contributed by atoms with Crippen LogP contribution in [0.3, 0.4) is 0 Å². The van der Waals surface area contributed by atoms with E-state index < -0.39 is 0 Å². The zero-order chi connectivity index (χ0) is 57.3. The van der Waals surface area contributed by atoms with E-state index in [1.165, 1.54) is 158 Å². The monoisotopic (exact) mass is 1080 g/mol. The van der Waals surface area contributed by atoms with Gasteiger partial charge in [-0.2, -0.15) is 0 Å². The number of nitrogens with zero attached hydrogens (tertiary/aromatic N) is 3. The van der Waals surface area contributed by atoms with Crippen LogP contribution in [-0.4, -0.2) is 6.71 Å². The zero-order valence-corrected chi connectivity index (χ0v) is 52.9. The predicted octanol–water partition coefficient (Wildman–Crippen LogP) is 19.7. The molecule has 0 unspecified atom stereocenters. The van der Waals surface area contributed by atoms with E-state index in [9.17, 15) is 0 Å². The van der Waals surface area contributed by atoms with Gasteiger partial charge in [0.1, 0.15) is 0 Å². The van der Waals surface area contributed by atoms with Crippen molar-refractivity contribution in [3.8, 4) is 0 Å². The minimum absolute atomic E-state index is 0.0135. The Morgan fingerprint density at radius 2 is 0.901 bits per heavy atom. The van der Waals surface area contributed by atoms with Gasteiger partial charge in [-0.3, -0.25) is 0 Å². The Morgan fingerprint density at radius 3 is 1.47 bits per heavy atom. The van der Waals surface area contributed by atoms with Gasteiger partial charge in [-0.05, 0) is 211 Å². The molecule has 0 amide bonds. The van der Waals surface area contributed by atoms with Gasteiger partial charge in [-0.25, -0.2) is 0 Å². The minimum atomic E-state index is -0.199. The van der Waals surface area contributed by atoms with Crippen molar-refractivity contribution >= 4 is 95.0 Å². The summed E-state index contributed by atoms with van der Waals surface area (Å²) in [4.78, 5) is 8.17. The van der Waals surface area contributed by atoms with Gasteiger partial charge in [0.15, 0.2) is 0 Å². The summed E-state index contributed by atoms with van der Waals surface area (Å²) in [5, 5.41) is 1.39. The van der Waals surface area contributed by atoms with Crippen LogP contribution in [0, 0.1) is 6.92 Å². The predicted molar refractivity (Wildman–Crippen MR) is 352 cm³/mol. The number of para-hydroxylation sites is 2. The first-order chi connectivity index (χ1) is 37.9. The molecule has 3 nitrogen and oxygen atoms in total. The molecule has 3 aliphatic carbocycles. The van der Waals surface area contributed by atoms with Gasteiger partial charge in [-0.15, -0.1) is 11.3 Å². The molecule has 0 fully saturated rings. The maximum atomic E-state index is 2.80. The van der Waals surface area contributed by atoms with Crippen molar-refractivity contribution in [2.75, 3.05) is 14.7 Å². The summed E-state index contributed by atoms with van der Waals surface area (Å²) in [6.45, 7) is 44.3. The average molecular weight is 1080 g/mol. The fourth-order valence-corrected chi connectivity index (χ4v) is 17.6. The quantitative estimate of drug-likeness (QED) is 0.163. The maximum absolute atomic E-state index is 2.80. The highest BCUT2D eigenvalue weighted by atomic mass is 32.1. The molecule has 81 heavy (non-hydrogen) atoms. The molecule has 414 valence electrons. The first-order valence-corrected chi connectivity index (χ1v) is 31.6. The van der Waals surface area contributed by atoms with Crippen molar-refractivity contribution in [2.24, 2.45) is 0 Å². The number of benzene rings is 7. The first-order valence-electron chi connectivity index (χ1n) is 30.8. The fourth-order valence-electron chi connectivity index (χ4n) is 16.3. The lowest BCUT2D eigenvalue weighted by Crippen LogP contribution is -2.60. The summed E-state index contributed by atoms with van der Waals surface area (Å²) in [5.41, 5.74) is 28.7. The molecule has 3 aliphatic heterocycles. The number of aryl methyl sites for hydroxylation is 1. The van der Waals surface area contributed by atoms with E-state index in [1.54, 1.807) is 0 Å². The Labute approximate surface area is 490 Å². The van der Waals surface area contributed by atoms with Crippen LogP contribution in [0.4, 0.5) is 51.2 Å². The number of anilines is 9. The minimum Gasteiger partial charge on any atom is -0.311 e. The Balaban J connectivity index is 1.16. The van der Waals surface area contributed by atoms with E-state index >= 15 is 0 Å². The number of hydrogen-bond acceptors (Lipinski definition) is 4. The van der Waals surface area contributed by atoms with Gasteiger partial charge in [0.25, 0.3) is 6.71 Å². The van der Waals surface area contributed by atoms with Crippen LogP contribution in [0.2, 0.25) is 0 Å². The summed E-state index contributed by atoms with van der Waals surface area (Å²) < 4.78 is 2.85. The molecule has 0 bridgehead atoms. The van der Waals surface area contributed by atoms with Crippen molar-refractivity contribution in [2.45, 2.75) is 206 Å². The summed E-state index contributed by atoms with van der Waals surface area (Å²) in [5.74, 6) is 0. The second-order valence-corrected chi connectivity index (χ2v) is 32.5. The van der Waals surface area contributed by atoms with Crippen molar-refractivity contribution in [1.29, 1.82) is 0 Å². The largest absolute Gasteiger partial charge is 0.311 e. The molecule has 6 aliphatic rings. The number of fused-ring (bicyclic) bond motifs is 11. The van der Waals surface area contributed by atoms with E-state index in [2.05, 4.69) is 272 Å². The highest BCUT2D eigenvalue weighted by Gasteiger charge is 2.50. The standard InChI is InChI=1S/C76H86BN3S/c1-45-37-53-56(74(13,14)35-33-71(53,7)8)43-62(45)80-61-30-27-46(69(2,3)4)38-58(61)77-66-63(40-48(41-64(66)80)78-59-25-21-19-23-51(59)76(17,18)52-24-20-22-26-60(52)78)79(47-28-29-50-54(39-47)72(9,10)32-31-70(50,5)6)67-49-42-55-57(44-65(49)81-68(67)77)75(15,16)36-34-73(55,11)12/h19-30,37-44H,31-36H2,1-18H3.